The Hall–Kier alpha value is -2.34. The average Bonchev–Trinajstić information content (AvgIpc) is 3.13. The topological polar surface area (TPSA) is 59.2 Å². The minimum Gasteiger partial charge on any atom is -0.440 e. The number of carbonyl (C=O) groups is 1. The second-order valence-corrected chi connectivity index (χ2v) is 7.47. The van der Waals surface area contributed by atoms with Crippen LogP contribution in [0.3, 0.4) is 0 Å². The molecule has 0 spiro atoms. The molecular formula is C20H21N3O2S. The van der Waals surface area contributed by atoms with Crippen LogP contribution in [0.2, 0.25) is 0 Å². The Labute approximate surface area is 156 Å². The number of piperidine rings is 1. The number of fused-ring (bicyclic) bond motifs is 1. The van der Waals surface area contributed by atoms with Gasteiger partial charge in [-0.2, -0.15) is 0 Å². The summed E-state index contributed by atoms with van der Waals surface area (Å²) in [6, 6.07) is 13.7. The van der Waals surface area contributed by atoms with Crippen molar-refractivity contribution in [3.05, 3.63) is 60.2 Å². The second-order valence-electron chi connectivity index (χ2n) is 6.49. The van der Waals surface area contributed by atoms with Crippen molar-refractivity contribution in [2.24, 2.45) is 0 Å². The van der Waals surface area contributed by atoms with Gasteiger partial charge in [-0.3, -0.25) is 9.78 Å². The number of oxazole rings is 1. The lowest BCUT2D eigenvalue weighted by Crippen LogP contribution is -2.39. The van der Waals surface area contributed by atoms with Gasteiger partial charge in [0, 0.05) is 31.0 Å². The van der Waals surface area contributed by atoms with Gasteiger partial charge < -0.3 is 9.32 Å². The third kappa shape index (κ3) is 3.90. The average molecular weight is 367 g/mol. The fourth-order valence-electron chi connectivity index (χ4n) is 3.26. The van der Waals surface area contributed by atoms with E-state index in [0.29, 0.717) is 11.7 Å². The zero-order valence-corrected chi connectivity index (χ0v) is 15.3. The van der Waals surface area contributed by atoms with E-state index in [1.807, 2.05) is 47.4 Å². The van der Waals surface area contributed by atoms with Crippen LogP contribution in [0, 0.1) is 0 Å². The van der Waals surface area contributed by atoms with Crippen LogP contribution in [0.5, 0.6) is 0 Å². The van der Waals surface area contributed by atoms with Gasteiger partial charge >= 0.3 is 0 Å². The highest BCUT2D eigenvalue weighted by atomic mass is 32.2. The van der Waals surface area contributed by atoms with Crippen molar-refractivity contribution in [1.29, 1.82) is 0 Å². The molecule has 134 valence electrons. The molecule has 1 aliphatic rings. The Bertz CT molecular complexity index is 840. The highest BCUT2D eigenvalue weighted by molar-refractivity contribution is 7.99. The molecule has 6 heteroatoms. The fraction of sp³-hybridized carbons (Fsp3) is 0.350. The zero-order valence-electron chi connectivity index (χ0n) is 14.5. The highest BCUT2D eigenvalue weighted by Crippen LogP contribution is 2.30. The summed E-state index contributed by atoms with van der Waals surface area (Å²) in [5, 5.41) is 0. The van der Waals surface area contributed by atoms with Crippen LogP contribution in [0.25, 0.3) is 11.1 Å². The van der Waals surface area contributed by atoms with E-state index in [1.54, 1.807) is 18.0 Å². The van der Waals surface area contributed by atoms with Crippen molar-refractivity contribution in [2.75, 3.05) is 18.8 Å². The molecule has 5 nitrogen and oxygen atoms in total. The molecule has 1 amide bonds. The van der Waals surface area contributed by atoms with Gasteiger partial charge in [0.1, 0.15) is 5.52 Å². The largest absolute Gasteiger partial charge is 0.440 e. The Morgan fingerprint density at radius 3 is 2.73 bits per heavy atom. The molecule has 0 saturated carbocycles. The molecule has 0 atom stereocenters. The van der Waals surface area contributed by atoms with Gasteiger partial charge in [-0.05, 0) is 37.1 Å². The normalized spacial score (nSPS) is 15.5. The van der Waals surface area contributed by atoms with E-state index in [0.717, 1.165) is 54.4 Å². The van der Waals surface area contributed by atoms with E-state index < -0.39 is 0 Å². The molecule has 1 aromatic carbocycles. The van der Waals surface area contributed by atoms with Gasteiger partial charge in [0.15, 0.2) is 11.5 Å². The van der Waals surface area contributed by atoms with Gasteiger partial charge in [0.2, 0.25) is 5.91 Å². The molecule has 4 rings (SSSR count). The molecule has 26 heavy (non-hydrogen) atoms. The summed E-state index contributed by atoms with van der Waals surface area (Å²) in [7, 11) is 0. The number of rotatable bonds is 5. The van der Waals surface area contributed by atoms with Gasteiger partial charge in [-0.25, -0.2) is 4.98 Å². The Balaban J connectivity index is 1.27. The molecule has 0 N–H and O–H groups in total. The van der Waals surface area contributed by atoms with Crippen molar-refractivity contribution in [2.45, 2.75) is 24.5 Å². The maximum absolute atomic E-state index is 12.4. The van der Waals surface area contributed by atoms with Crippen LogP contribution in [0.15, 0.2) is 53.1 Å². The smallest absolute Gasteiger partial charge is 0.232 e. The van der Waals surface area contributed by atoms with Crippen molar-refractivity contribution < 1.29 is 9.21 Å². The van der Waals surface area contributed by atoms with Crippen molar-refractivity contribution >= 4 is 28.8 Å². The summed E-state index contributed by atoms with van der Waals surface area (Å²) >= 11 is 1.62. The first-order valence-corrected chi connectivity index (χ1v) is 10.1. The lowest BCUT2D eigenvalue weighted by atomic mass is 9.97. The van der Waals surface area contributed by atoms with E-state index in [1.165, 1.54) is 0 Å². The molecule has 0 bridgehead atoms. The van der Waals surface area contributed by atoms with Gasteiger partial charge in [0.05, 0.1) is 11.4 Å². The van der Waals surface area contributed by atoms with Crippen molar-refractivity contribution in [3.8, 4) is 0 Å². The van der Waals surface area contributed by atoms with E-state index in [9.17, 15) is 4.79 Å². The number of carbonyl (C=O) groups excluding carboxylic acids is 1. The predicted molar refractivity (Wildman–Crippen MR) is 103 cm³/mol. The first kappa shape index (κ1) is 17.1. The lowest BCUT2D eigenvalue weighted by Gasteiger charge is -2.30. The molecule has 0 radical (unpaired) electrons. The number of hydrogen-bond donors (Lipinski definition) is 0. The number of para-hydroxylation sites is 2. The standard InChI is InChI=1S/C20H21N3O2S/c24-19(14-26-13-16-5-3-4-10-21-16)23-11-8-15(9-12-23)20-22-17-6-1-2-7-18(17)25-20/h1-7,10,15H,8-9,11-14H2. The summed E-state index contributed by atoms with van der Waals surface area (Å²) in [5.41, 5.74) is 2.76. The van der Waals surface area contributed by atoms with Crippen LogP contribution >= 0.6 is 11.8 Å². The first-order valence-electron chi connectivity index (χ1n) is 8.90. The number of aromatic nitrogens is 2. The third-order valence-corrected chi connectivity index (χ3v) is 5.66. The summed E-state index contributed by atoms with van der Waals surface area (Å²) in [6.07, 6.45) is 3.60. The Kier molecular flexibility index (Phi) is 5.20. The number of amides is 1. The molecule has 0 aliphatic carbocycles. The van der Waals surface area contributed by atoms with E-state index in [-0.39, 0.29) is 5.91 Å². The number of thioether (sulfide) groups is 1. The van der Waals surface area contributed by atoms with Crippen LogP contribution in [-0.4, -0.2) is 39.6 Å². The number of pyridine rings is 1. The molecular weight excluding hydrogens is 346 g/mol. The van der Waals surface area contributed by atoms with Crippen molar-refractivity contribution in [3.63, 3.8) is 0 Å². The molecule has 3 aromatic rings. The number of hydrogen-bond acceptors (Lipinski definition) is 5. The Morgan fingerprint density at radius 2 is 1.96 bits per heavy atom. The lowest BCUT2D eigenvalue weighted by molar-refractivity contribution is -0.129. The minimum absolute atomic E-state index is 0.210. The molecule has 1 saturated heterocycles. The quantitative estimate of drug-likeness (QED) is 0.685. The monoisotopic (exact) mass is 367 g/mol. The highest BCUT2D eigenvalue weighted by Gasteiger charge is 2.26. The summed E-state index contributed by atoms with van der Waals surface area (Å²) in [6.45, 7) is 1.54. The SMILES string of the molecule is O=C(CSCc1ccccn1)N1CCC(c2nc3ccccc3o2)CC1. The summed E-state index contributed by atoms with van der Waals surface area (Å²) in [5.74, 6) is 2.59. The second kappa shape index (κ2) is 7.91. The summed E-state index contributed by atoms with van der Waals surface area (Å²) in [4.78, 5) is 23.3. The van der Waals surface area contributed by atoms with E-state index in [4.69, 9.17) is 4.42 Å². The van der Waals surface area contributed by atoms with E-state index >= 15 is 0 Å². The maximum Gasteiger partial charge on any atom is 0.232 e. The summed E-state index contributed by atoms with van der Waals surface area (Å²) < 4.78 is 5.89. The molecule has 3 heterocycles. The number of nitrogens with zero attached hydrogens (tertiary/aromatic N) is 3. The fourth-order valence-corrected chi connectivity index (χ4v) is 4.10. The number of likely N-dealkylation sites (tertiary alicyclic amines) is 1. The molecule has 1 fully saturated rings. The predicted octanol–water partition coefficient (Wildman–Crippen LogP) is 3.86. The Morgan fingerprint density at radius 1 is 1.15 bits per heavy atom. The molecule has 1 aliphatic heterocycles. The van der Waals surface area contributed by atoms with Crippen LogP contribution < -0.4 is 0 Å². The first-order chi connectivity index (χ1) is 12.8. The van der Waals surface area contributed by atoms with Crippen LogP contribution in [0.1, 0.15) is 30.3 Å². The third-order valence-electron chi connectivity index (χ3n) is 4.71. The molecule has 2 aromatic heterocycles. The van der Waals surface area contributed by atoms with E-state index in [2.05, 4.69) is 9.97 Å². The van der Waals surface area contributed by atoms with Gasteiger partial charge in [0.25, 0.3) is 0 Å². The van der Waals surface area contributed by atoms with Crippen LogP contribution in [0.4, 0.5) is 0 Å². The minimum atomic E-state index is 0.210. The zero-order chi connectivity index (χ0) is 17.8. The van der Waals surface area contributed by atoms with Gasteiger partial charge in [-0.15, -0.1) is 11.8 Å². The molecule has 0 unspecified atom stereocenters. The van der Waals surface area contributed by atoms with Crippen molar-refractivity contribution in [1.82, 2.24) is 14.9 Å². The maximum atomic E-state index is 12.4. The number of benzene rings is 1. The van der Waals surface area contributed by atoms with Gasteiger partial charge in [-0.1, -0.05) is 18.2 Å². The van der Waals surface area contributed by atoms with Crippen LogP contribution in [-0.2, 0) is 10.5 Å².